The molecule has 0 spiro atoms. The van der Waals surface area contributed by atoms with E-state index in [4.69, 9.17) is 10.8 Å². The first-order valence-corrected chi connectivity index (χ1v) is 6.91. The van der Waals surface area contributed by atoms with Crippen molar-refractivity contribution < 1.29 is 9.90 Å². The van der Waals surface area contributed by atoms with E-state index in [9.17, 15) is 4.79 Å². The standard InChI is InChI=1S/C12H11BrN2O2S/c13-8-3-1-2-7(6-8)11-15-10(12(16)17)9(18-11)4-5-14/h1-3,6H,4-5,14H2,(H,16,17). The summed E-state index contributed by atoms with van der Waals surface area (Å²) in [5, 5.41) is 9.81. The Balaban J connectivity index is 2.46. The second kappa shape index (κ2) is 5.60. The lowest BCUT2D eigenvalue weighted by molar-refractivity contribution is 0.0690. The van der Waals surface area contributed by atoms with E-state index in [-0.39, 0.29) is 5.69 Å². The number of nitrogens with zero attached hydrogens (tertiary/aromatic N) is 1. The fourth-order valence-corrected chi connectivity index (χ4v) is 3.03. The molecule has 0 aliphatic rings. The smallest absolute Gasteiger partial charge is 0.355 e. The van der Waals surface area contributed by atoms with Gasteiger partial charge in [0.1, 0.15) is 5.01 Å². The minimum atomic E-state index is -1.00. The Morgan fingerprint density at radius 1 is 1.50 bits per heavy atom. The number of hydrogen-bond acceptors (Lipinski definition) is 4. The van der Waals surface area contributed by atoms with Gasteiger partial charge in [0, 0.05) is 14.9 Å². The molecule has 2 rings (SSSR count). The number of nitrogens with two attached hydrogens (primary N) is 1. The summed E-state index contributed by atoms with van der Waals surface area (Å²) in [6.07, 6.45) is 0.535. The lowest BCUT2D eigenvalue weighted by atomic mass is 10.2. The van der Waals surface area contributed by atoms with Gasteiger partial charge in [0.05, 0.1) is 0 Å². The molecule has 94 valence electrons. The Labute approximate surface area is 117 Å². The first-order chi connectivity index (χ1) is 8.61. The molecule has 0 saturated carbocycles. The molecule has 6 heteroatoms. The maximum atomic E-state index is 11.1. The highest BCUT2D eigenvalue weighted by Gasteiger charge is 2.17. The zero-order chi connectivity index (χ0) is 13.1. The van der Waals surface area contributed by atoms with Gasteiger partial charge < -0.3 is 10.8 Å². The van der Waals surface area contributed by atoms with Crippen molar-refractivity contribution >= 4 is 33.2 Å². The van der Waals surface area contributed by atoms with E-state index in [1.54, 1.807) is 0 Å². The first-order valence-electron chi connectivity index (χ1n) is 5.31. The predicted molar refractivity (Wildman–Crippen MR) is 75.0 cm³/mol. The van der Waals surface area contributed by atoms with Gasteiger partial charge >= 0.3 is 5.97 Å². The Bertz CT molecular complexity index is 583. The van der Waals surface area contributed by atoms with Gasteiger partial charge in [-0.2, -0.15) is 0 Å². The molecular formula is C12H11BrN2O2S. The van der Waals surface area contributed by atoms with E-state index in [1.165, 1.54) is 11.3 Å². The topological polar surface area (TPSA) is 76.2 Å². The van der Waals surface area contributed by atoms with E-state index in [1.807, 2.05) is 24.3 Å². The molecule has 18 heavy (non-hydrogen) atoms. The SMILES string of the molecule is NCCc1sc(-c2cccc(Br)c2)nc1C(=O)O. The van der Waals surface area contributed by atoms with E-state index in [2.05, 4.69) is 20.9 Å². The first kappa shape index (κ1) is 13.2. The van der Waals surface area contributed by atoms with E-state index in [0.717, 1.165) is 14.9 Å². The highest BCUT2D eigenvalue weighted by molar-refractivity contribution is 9.10. The highest BCUT2D eigenvalue weighted by atomic mass is 79.9. The van der Waals surface area contributed by atoms with Crippen molar-refractivity contribution in [1.82, 2.24) is 4.98 Å². The van der Waals surface area contributed by atoms with Crippen molar-refractivity contribution in [3.63, 3.8) is 0 Å². The minimum Gasteiger partial charge on any atom is -0.476 e. The van der Waals surface area contributed by atoms with Crippen LogP contribution in [0.3, 0.4) is 0 Å². The van der Waals surface area contributed by atoms with Gasteiger partial charge in [0.2, 0.25) is 0 Å². The maximum absolute atomic E-state index is 11.1. The van der Waals surface area contributed by atoms with Gasteiger partial charge in [-0.1, -0.05) is 28.1 Å². The molecule has 0 bridgehead atoms. The van der Waals surface area contributed by atoms with Gasteiger partial charge in [-0.3, -0.25) is 0 Å². The van der Waals surface area contributed by atoms with Crippen molar-refractivity contribution in [2.24, 2.45) is 5.73 Å². The van der Waals surface area contributed by atoms with Crippen LogP contribution in [0.2, 0.25) is 0 Å². The Morgan fingerprint density at radius 3 is 2.89 bits per heavy atom. The summed E-state index contributed by atoms with van der Waals surface area (Å²) in [6, 6.07) is 7.62. The van der Waals surface area contributed by atoms with Crippen LogP contribution in [0.15, 0.2) is 28.7 Å². The van der Waals surface area contributed by atoms with Crippen LogP contribution >= 0.6 is 27.3 Å². The van der Waals surface area contributed by atoms with Gasteiger partial charge in [0.15, 0.2) is 5.69 Å². The third kappa shape index (κ3) is 2.77. The molecule has 1 aromatic heterocycles. The molecule has 0 saturated heterocycles. The van der Waals surface area contributed by atoms with Crippen molar-refractivity contribution in [3.8, 4) is 10.6 Å². The Hall–Kier alpha value is -1.24. The molecule has 0 aliphatic carbocycles. The molecular weight excluding hydrogens is 316 g/mol. The van der Waals surface area contributed by atoms with E-state index in [0.29, 0.717) is 18.0 Å². The van der Waals surface area contributed by atoms with Crippen LogP contribution in [0.1, 0.15) is 15.4 Å². The van der Waals surface area contributed by atoms with E-state index < -0.39 is 5.97 Å². The number of hydrogen-bond donors (Lipinski definition) is 2. The average Bonchev–Trinajstić information content (AvgIpc) is 2.74. The van der Waals surface area contributed by atoms with E-state index >= 15 is 0 Å². The minimum absolute atomic E-state index is 0.112. The molecule has 0 radical (unpaired) electrons. The third-order valence-corrected chi connectivity index (χ3v) is 4.00. The Morgan fingerprint density at radius 2 is 2.28 bits per heavy atom. The number of aromatic nitrogens is 1. The van der Waals surface area contributed by atoms with Crippen LogP contribution in [0, 0.1) is 0 Å². The summed E-state index contributed by atoms with van der Waals surface area (Å²) in [7, 11) is 0. The fraction of sp³-hybridized carbons (Fsp3) is 0.167. The lowest BCUT2D eigenvalue weighted by Gasteiger charge is -1.96. The zero-order valence-electron chi connectivity index (χ0n) is 9.39. The summed E-state index contributed by atoms with van der Waals surface area (Å²) >= 11 is 4.77. The Kier molecular flexibility index (Phi) is 4.11. The van der Waals surface area contributed by atoms with Crippen molar-refractivity contribution in [3.05, 3.63) is 39.3 Å². The molecule has 3 N–H and O–H groups in total. The molecule has 4 nitrogen and oxygen atoms in total. The number of rotatable bonds is 4. The summed E-state index contributed by atoms with van der Waals surface area (Å²) in [6.45, 7) is 0.417. The summed E-state index contributed by atoms with van der Waals surface area (Å²) in [4.78, 5) is 16.0. The number of aromatic carboxylic acids is 1. The van der Waals surface area contributed by atoms with Gasteiger partial charge in [-0.05, 0) is 25.1 Å². The number of benzene rings is 1. The molecule has 0 aliphatic heterocycles. The van der Waals surface area contributed by atoms with Crippen molar-refractivity contribution in [2.45, 2.75) is 6.42 Å². The van der Waals surface area contributed by atoms with Crippen LogP contribution in [-0.4, -0.2) is 22.6 Å². The lowest BCUT2D eigenvalue weighted by Crippen LogP contribution is -2.06. The quantitative estimate of drug-likeness (QED) is 0.905. The average molecular weight is 327 g/mol. The zero-order valence-corrected chi connectivity index (χ0v) is 11.8. The maximum Gasteiger partial charge on any atom is 0.355 e. The molecule has 1 heterocycles. The number of thiazole rings is 1. The molecule has 1 aromatic carbocycles. The number of carboxylic acid groups (broad SMARTS) is 1. The second-order valence-electron chi connectivity index (χ2n) is 3.64. The molecule has 0 unspecified atom stereocenters. The van der Waals surface area contributed by atoms with Crippen LogP contribution in [0.5, 0.6) is 0 Å². The van der Waals surface area contributed by atoms with Crippen molar-refractivity contribution in [1.29, 1.82) is 0 Å². The van der Waals surface area contributed by atoms with Gasteiger partial charge in [-0.25, -0.2) is 9.78 Å². The second-order valence-corrected chi connectivity index (χ2v) is 5.64. The van der Waals surface area contributed by atoms with Crippen LogP contribution in [-0.2, 0) is 6.42 Å². The molecule has 0 fully saturated rings. The number of carboxylic acids is 1. The van der Waals surface area contributed by atoms with Gasteiger partial charge in [-0.15, -0.1) is 11.3 Å². The summed E-state index contributed by atoms with van der Waals surface area (Å²) in [5.41, 5.74) is 6.49. The normalized spacial score (nSPS) is 10.6. The number of carbonyl (C=O) groups is 1. The monoisotopic (exact) mass is 326 g/mol. The summed E-state index contributed by atoms with van der Waals surface area (Å²) < 4.78 is 0.937. The van der Waals surface area contributed by atoms with Crippen LogP contribution in [0.4, 0.5) is 0 Å². The fourth-order valence-electron chi connectivity index (χ4n) is 1.56. The molecule has 2 aromatic rings. The molecule has 0 amide bonds. The number of halogens is 1. The highest BCUT2D eigenvalue weighted by Crippen LogP contribution is 2.30. The largest absolute Gasteiger partial charge is 0.476 e. The van der Waals surface area contributed by atoms with Crippen LogP contribution < -0.4 is 5.73 Å². The molecule has 0 atom stereocenters. The van der Waals surface area contributed by atoms with Crippen molar-refractivity contribution in [2.75, 3.05) is 6.54 Å². The third-order valence-electron chi connectivity index (χ3n) is 2.34. The van der Waals surface area contributed by atoms with Crippen LogP contribution in [0.25, 0.3) is 10.6 Å². The predicted octanol–water partition coefficient (Wildman–Crippen LogP) is 2.77. The van der Waals surface area contributed by atoms with Gasteiger partial charge in [0.25, 0.3) is 0 Å². The summed E-state index contributed by atoms with van der Waals surface area (Å²) in [5.74, 6) is -1.00.